The second-order valence-electron chi connectivity index (χ2n) is 3.86. The molecule has 1 N–H and O–H groups in total. The maximum atomic E-state index is 11.7. The van der Waals surface area contributed by atoms with Crippen molar-refractivity contribution < 1.29 is 9.90 Å². The molecule has 0 aliphatic carbocycles. The summed E-state index contributed by atoms with van der Waals surface area (Å²) in [6.07, 6.45) is 0.521. The number of carbonyl (C=O) groups excluding carboxylic acids is 1. The van der Waals surface area contributed by atoms with Crippen LogP contribution in [0.15, 0.2) is 18.2 Å². The largest absolute Gasteiger partial charge is 0.506 e. The van der Waals surface area contributed by atoms with E-state index in [1.807, 2.05) is 0 Å². The number of alkyl halides is 1. The van der Waals surface area contributed by atoms with Crippen molar-refractivity contribution in [1.82, 2.24) is 0 Å². The number of rotatable bonds is 2. The van der Waals surface area contributed by atoms with Gasteiger partial charge in [-0.15, -0.1) is 0 Å². The predicted octanol–water partition coefficient (Wildman–Crippen LogP) is 2.79. The lowest BCUT2D eigenvalue weighted by molar-refractivity contribution is -0.117. The molecule has 1 aliphatic heterocycles. The van der Waals surface area contributed by atoms with Gasteiger partial charge in [-0.1, -0.05) is 27.5 Å². The molecule has 0 spiro atoms. The van der Waals surface area contributed by atoms with Crippen LogP contribution in [0.5, 0.6) is 5.75 Å². The Morgan fingerprint density at radius 3 is 2.88 bits per heavy atom. The minimum atomic E-state index is 0.0436. The van der Waals surface area contributed by atoms with Crippen LogP contribution < -0.4 is 4.90 Å². The van der Waals surface area contributed by atoms with E-state index in [0.717, 1.165) is 5.33 Å². The summed E-state index contributed by atoms with van der Waals surface area (Å²) in [6.45, 7) is 0.638. The lowest BCUT2D eigenvalue weighted by atomic mass is 10.2. The molecular weight excluding hydrogens is 293 g/mol. The van der Waals surface area contributed by atoms with Gasteiger partial charge in [-0.05, 0) is 18.1 Å². The van der Waals surface area contributed by atoms with Crippen LogP contribution in [0.3, 0.4) is 0 Å². The molecule has 1 saturated heterocycles. The zero-order valence-electron chi connectivity index (χ0n) is 8.49. The number of carbonyl (C=O) groups is 1. The van der Waals surface area contributed by atoms with Crippen molar-refractivity contribution in [1.29, 1.82) is 0 Å². The number of hydrogen-bond acceptors (Lipinski definition) is 2. The highest BCUT2D eigenvalue weighted by atomic mass is 79.9. The van der Waals surface area contributed by atoms with E-state index in [2.05, 4.69) is 15.9 Å². The van der Waals surface area contributed by atoms with Crippen LogP contribution in [0.1, 0.15) is 6.42 Å². The number of benzene rings is 1. The monoisotopic (exact) mass is 303 g/mol. The first-order valence-corrected chi connectivity index (χ1v) is 6.46. The van der Waals surface area contributed by atoms with Gasteiger partial charge in [0.2, 0.25) is 5.91 Å². The summed E-state index contributed by atoms with van der Waals surface area (Å²) in [4.78, 5) is 13.4. The molecule has 2 rings (SSSR count). The number of phenols is 1. The van der Waals surface area contributed by atoms with E-state index < -0.39 is 0 Å². The van der Waals surface area contributed by atoms with Crippen LogP contribution in [0, 0.1) is 5.92 Å². The van der Waals surface area contributed by atoms with Gasteiger partial charge in [-0.25, -0.2) is 0 Å². The Kier molecular flexibility index (Phi) is 3.40. The van der Waals surface area contributed by atoms with Crippen molar-refractivity contribution in [2.45, 2.75) is 6.42 Å². The van der Waals surface area contributed by atoms with Crippen LogP contribution in [-0.4, -0.2) is 22.9 Å². The molecule has 5 heteroatoms. The summed E-state index contributed by atoms with van der Waals surface area (Å²) >= 11 is 9.12. The number of aromatic hydroxyl groups is 1. The van der Waals surface area contributed by atoms with Gasteiger partial charge in [-0.3, -0.25) is 4.79 Å². The molecule has 1 aromatic rings. The third-order valence-electron chi connectivity index (χ3n) is 2.65. The molecule has 0 aromatic heterocycles. The Morgan fingerprint density at radius 1 is 1.56 bits per heavy atom. The van der Waals surface area contributed by atoms with Crippen molar-refractivity contribution in [3.8, 4) is 5.75 Å². The van der Waals surface area contributed by atoms with Crippen molar-refractivity contribution in [3.63, 3.8) is 0 Å². The minimum Gasteiger partial charge on any atom is -0.506 e. The minimum absolute atomic E-state index is 0.0436. The highest BCUT2D eigenvalue weighted by Crippen LogP contribution is 2.34. The van der Waals surface area contributed by atoms with Gasteiger partial charge < -0.3 is 10.0 Å². The van der Waals surface area contributed by atoms with Gasteiger partial charge in [0, 0.05) is 29.4 Å². The topological polar surface area (TPSA) is 40.5 Å². The van der Waals surface area contributed by atoms with Crippen molar-refractivity contribution in [3.05, 3.63) is 23.2 Å². The summed E-state index contributed by atoms with van der Waals surface area (Å²) in [5, 5.41) is 11.0. The molecule has 16 heavy (non-hydrogen) atoms. The molecule has 0 radical (unpaired) electrons. The third kappa shape index (κ3) is 2.18. The Bertz CT molecular complexity index is 424. The first-order chi connectivity index (χ1) is 7.61. The van der Waals surface area contributed by atoms with E-state index in [-0.39, 0.29) is 11.7 Å². The summed E-state index contributed by atoms with van der Waals surface area (Å²) in [5.74, 6) is 0.403. The van der Waals surface area contributed by atoms with Crippen molar-refractivity contribution >= 4 is 39.1 Å². The van der Waals surface area contributed by atoms with Gasteiger partial charge >= 0.3 is 0 Å². The fraction of sp³-hybridized carbons (Fsp3) is 0.364. The first kappa shape index (κ1) is 11.7. The average Bonchev–Trinajstić information content (AvgIpc) is 2.60. The van der Waals surface area contributed by atoms with Crippen LogP contribution in [0.2, 0.25) is 5.02 Å². The highest BCUT2D eigenvalue weighted by molar-refractivity contribution is 9.09. The van der Waals surface area contributed by atoms with Gasteiger partial charge in [0.1, 0.15) is 5.75 Å². The third-order valence-corrected chi connectivity index (χ3v) is 3.80. The zero-order valence-corrected chi connectivity index (χ0v) is 10.8. The molecular formula is C11H11BrClNO2. The van der Waals surface area contributed by atoms with Crippen molar-refractivity contribution in [2.24, 2.45) is 5.92 Å². The number of nitrogens with zero attached hydrogens (tertiary/aromatic N) is 1. The average molecular weight is 305 g/mol. The summed E-state index contributed by atoms with van der Waals surface area (Å²) in [5.41, 5.74) is 0.540. The fourth-order valence-corrected chi connectivity index (χ4v) is 2.44. The van der Waals surface area contributed by atoms with Gasteiger partial charge in [-0.2, -0.15) is 0 Å². The standard InChI is InChI=1S/C11H11BrClNO2/c12-5-7-3-11(16)14(6-7)9-2-1-8(13)4-10(9)15/h1-2,4,7,15H,3,5-6H2. The van der Waals surface area contributed by atoms with Crippen LogP contribution in [0.4, 0.5) is 5.69 Å². The van der Waals surface area contributed by atoms with E-state index in [4.69, 9.17) is 11.6 Å². The Balaban J connectivity index is 2.28. The molecule has 1 aromatic carbocycles. The van der Waals surface area contributed by atoms with E-state index >= 15 is 0 Å². The SMILES string of the molecule is O=C1CC(CBr)CN1c1ccc(Cl)cc1O. The number of phenolic OH excluding ortho intramolecular Hbond substituents is 1. The second kappa shape index (κ2) is 4.63. The Hall–Kier alpha value is -0.740. The molecule has 1 amide bonds. The second-order valence-corrected chi connectivity index (χ2v) is 4.95. The Morgan fingerprint density at radius 2 is 2.31 bits per heavy atom. The van der Waals surface area contributed by atoms with E-state index in [1.165, 1.54) is 6.07 Å². The maximum Gasteiger partial charge on any atom is 0.227 e. The summed E-state index contributed by atoms with van der Waals surface area (Å²) in [6, 6.07) is 4.79. The van der Waals surface area contributed by atoms with Gasteiger partial charge in [0.05, 0.1) is 5.69 Å². The van der Waals surface area contributed by atoms with E-state index in [1.54, 1.807) is 17.0 Å². The predicted molar refractivity (Wildman–Crippen MR) is 67.4 cm³/mol. The van der Waals surface area contributed by atoms with E-state index in [0.29, 0.717) is 29.6 Å². The molecule has 1 aliphatic rings. The molecule has 0 saturated carbocycles. The smallest absolute Gasteiger partial charge is 0.227 e. The molecule has 0 bridgehead atoms. The van der Waals surface area contributed by atoms with E-state index in [9.17, 15) is 9.90 Å². The number of halogens is 2. The summed E-state index contributed by atoms with van der Waals surface area (Å²) < 4.78 is 0. The molecule has 1 atom stereocenters. The normalized spacial score (nSPS) is 20.5. The number of hydrogen-bond donors (Lipinski definition) is 1. The summed E-state index contributed by atoms with van der Waals surface area (Å²) in [7, 11) is 0. The first-order valence-electron chi connectivity index (χ1n) is 4.96. The van der Waals surface area contributed by atoms with Crippen LogP contribution >= 0.6 is 27.5 Å². The molecule has 1 fully saturated rings. The lowest BCUT2D eigenvalue weighted by Crippen LogP contribution is -2.24. The lowest BCUT2D eigenvalue weighted by Gasteiger charge is -2.17. The van der Waals surface area contributed by atoms with Crippen molar-refractivity contribution in [2.75, 3.05) is 16.8 Å². The zero-order chi connectivity index (χ0) is 11.7. The quantitative estimate of drug-likeness (QED) is 0.854. The maximum absolute atomic E-state index is 11.7. The number of amides is 1. The molecule has 1 heterocycles. The Labute approximate surface area is 107 Å². The number of anilines is 1. The molecule has 3 nitrogen and oxygen atoms in total. The molecule has 1 unspecified atom stereocenters. The highest BCUT2D eigenvalue weighted by Gasteiger charge is 2.31. The molecule has 86 valence electrons. The van der Waals surface area contributed by atoms with Crippen LogP contribution in [0.25, 0.3) is 0 Å². The fourth-order valence-electron chi connectivity index (χ4n) is 1.84. The van der Waals surface area contributed by atoms with Gasteiger partial charge in [0.15, 0.2) is 0 Å². The van der Waals surface area contributed by atoms with Gasteiger partial charge in [0.25, 0.3) is 0 Å². The van der Waals surface area contributed by atoms with Crippen LogP contribution in [-0.2, 0) is 4.79 Å².